The summed E-state index contributed by atoms with van der Waals surface area (Å²) >= 11 is 6.53. The van der Waals surface area contributed by atoms with Crippen LogP contribution in [0.1, 0.15) is 10.5 Å². The van der Waals surface area contributed by atoms with Crippen LogP contribution in [0.2, 0.25) is 5.02 Å². The molecule has 116 valence electrons. The van der Waals surface area contributed by atoms with E-state index in [1.807, 2.05) is 0 Å². The summed E-state index contributed by atoms with van der Waals surface area (Å²) in [4.78, 5) is 25.6. The molecule has 2 N–H and O–H groups in total. The molecule has 1 aromatic carbocycles. The number of aromatic nitrogens is 1. The number of hydrogen-bond donors (Lipinski definition) is 2. The maximum absolute atomic E-state index is 12.2. The van der Waals surface area contributed by atoms with Gasteiger partial charge in [0.05, 0.1) is 4.88 Å². The molecule has 0 radical (unpaired) electrons. The summed E-state index contributed by atoms with van der Waals surface area (Å²) in [5, 5.41) is 10.3. The van der Waals surface area contributed by atoms with Crippen molar-refractivity contribution in [2.45, 2.75) is 6.18 Å². The number of nitrogens with one attached hydrogen (secondary N) is 1. The molecule has 5 nitrogen and oxygen atoms in total. The summed E-state index contributed by atoms with van der Waals surface area (Å²) in [5.74, 6) is -3.68. The zero-order valence-electron chi connectivity index (χ0n) is 10.4. The second-order valence-corrected chi connectivity index (χ2v) is 5.34. The van der Waals surface area contributed by atoms with E-state index in [1.165, 1.54) is 17.4 Å². The number of hydrogen-bond acceptors (Lipinski definition) is 4. The molecule has 1 heterocycles. The van der Waals surface area contributed by atoms with Crippen LogP contribution in [0.15, 0.2) is 24.3 Å². The third-order valence-electron chi connectivity index (χ3n) is 2.43. The zero-order valence-corrected chi connectivity index (χ0v) is 12.0. The van der Waals surface area contributed by atoms with Crippen molar-refractivity contribution >= 4 is 39.9 Å². The van der Waals surface area contributed by atoms with Gasteiger partial charge in [0.25, 0.3) is 0 Å². The van der Waals surface area contributed by atoms with Gasteiger partial charge in [-0.25, -0.2) is 9.78 Å². The molecule has 2 rings (SSSR count). The molecule has 0 aliphatic rings. The fourth-order valence-corrected chi connectivity index (χ4v) is 2.79. The molecule has 2 aromatic rings. The Morgan fingerprint density at radius 1 is 1.27 bits per heavy atom. The molecule has 10 heteroatoms. The van der Waals surface area contributed by atoms with Crippen LogP contribution in [0.25, 0.3) is 10.4 Å². The lowest BCUT2D eigenvalue weighted by Gasteiger charge is -2.04. The highest BCUT2D eigenvalue weighted by Gasteiger charge is 2.39. The Labute approximate surface area is 130 Å². The summed E-state index contributed by atoms with van der Waals surface area (Å²) in [6, 6.07) is 6.19. The second kappa shape index (κ2) is 5.93. The predicted octanol–water partition coefficient (Wildman–Crippen LogP) is 3.66. The molecular formula is C12H6ClF3N2O3S. The number of anilines is 1. The maximum Gasteiger partial charge on any atom is 0.471 e. The molecule has 0 fully saturated rings. The maximum atomic E-state index is 12.2. The van der Waals surface area contributed by atoms with Crippen LogP contribution in [-0.2, 0) is 4.79 Å². The number of carbonyl (C=O) groups is 2. The molecule has 1 aromatic heterocycles. The van der Waals surface area contributed by atoms with Crippen LogP contribution in [-0.4, -0.2) is 28.1 Å². The molecule has 0 saturated heterocycles. The number of benzene rings is 1. The third-order valence-corrected chi connectivity index (χ3v) is 3.76. The number of amides is 1. The number of carbonyl (C=O) groups excluding carboxylic acids is 1. The van der Waals surface area contributed by atoms with E-state index in [-0.39, 0.29) is 9.90 Å². The fourth-order valence-electron chi connectivity index (χ4n) is 1.51. The van der Waals surface area contributed by atoms with E-state index < -0.39 is 28.9 Å². The Balaban J connectivity index is 2.46. The van der Waals surface area contributed by atoms with Crippen molar-refractivity contribution < 1.29 is 27.9 Å². The molecule has 0 spiro atoms. The van der Waals surface area contributed by atoms with Crippen molar-refractivity contribution in [3.63, 3.8) is 0 Å². The minimum atomic E-state index is -5.10. The first-order valence-electron chi connectivity index (χ1n) is 5.57. The van der Waals surface area contributed by atoms with Crippen LogP contribution in [0.5, 0.6) is 0 Å². The smallest absolute Gasteiger partial charge is 0.471 e. The van der Waals surface area contributed by atoms with Crippen molar-refractivity contribution in [3.8, 4) is 10.4 Å². The number of carboxylic acid groups (broad SMARTS) is 1. The second-order valence-electron chi connectivity index (χ2n) is 3.93. The van der Waals surface area contributed by atoms with E-state index in [4.69, 9.17) is 16.7 Å². The molecule has 0 unspecified atom stereocenters. The van der Waals surface area contributed by atoms with E-state index in [9.17, 15) is 22.8 Å². The monoisotopic (exact) mass is 350 g/mol. The van der Waals surface area contributed by atoms with Crippen LogP contribution >= 0.6 is 22.9 Å². The van der Waals surface area contributed by atoms with Gasteiger partial charge < -0.3 is 5.11 Å². The van der Waals surface area contributed by atoms with E-state index in [1.54, 1.807) is 12.1 Å². The van der Waals surface area contributed by atoms with E-state index >= 15 is 0 Å². The first-order chi connectivity index (χ1) is 10.2. The number of nitrogens with zero attached hydrogens (tertiary/aromatic N) is 1. The van der Waals surface area contributed by atoms with E-state index in [0.29, 0.717) is 16.9 Å². The topological polar surface area (TPSA) is 79.3 Å². The summed E-state index contributed by atoms with van der Waals surface area (Å²) in [6.45, 7) is 0. The van der Waals surface area contributed by atoms with Gasteiger partial charge in [0.1, 0.15) is 0 Å². The third kappa shape index (κ3) is 3.37. The van der Waals surface area contributed by atoms with Crippen molar-refractivity contribution in [3.05, 3.63) is 35.0 Å². The van der Waals surface area contributed by atoms with Gasteiger partial charge >= 0.3 is 18.1 Å². The normalized spacial score (nSPS) is 11.3. The molecule has 22 heavy (non-hydrogen) atoms. The molecule has 1 amide bonds. The molecule has 0 saturated carbocycles. The Kier molecular flexibility index (Phi) is 4.38. The van der Waals surface area contributed by atoms with Crippen molar-refractivity contribution in [2.75, 3.05) is 5.32 Å². The number of carboxylic acids is 1. The zero-order chi connectivity index (χ0) is 16.5. The van der Waals surface area contributed by atoms with Gasteiger partial charge in [-0.3, -0.25) is 10.1 Å². The first-order valence-corrected chi connectivity index (χ1v) is 6.77. The highest BCUT2D eigenvalue weighted by Crippen LogP contribution is 2.37. The average molecular weight is 351 g/mol. The number of alkyl halides is 3. The largest absolute Gasteiger partial charge is 0.476 e. The lowest BCUT2D eigenvalue weighted by atomic mass is 10.1. The minimum absolute atomic E-state index is 0.0515. The average Bonchev–Trinajstić information content (AvgIpc) is 2.82. The summed E-state index contributed by atoms with van der Waals surface area (Å²) in [6.07, 6.45) is -5.10. The number of aromatic carboxylic acids is 1. The predicted molar refractivity (Wildman–Crippen MR) is 74.2 cm³/mol. The van der Waals surface area contributed by atoms with Gasteiger partial charge in [-0.05, 0) is 6.07 Å². The SMILES string of the molecule is O=C(O)c1nc(NC(=O)C(F)(F)F)sc1-c1ccccc1Cl. The number of rotatable bonds is 3. The fraction of sp³-hybridized carbons (Fsp3) is 0.0833. The van der Waals surface area contributed by atoms with Gasteiger partial charge in [-0.15, -0.1) is 0 Å². The molecule has 0 aliphatic heterocycles. The minimum Gasteiger partial charge on any atom is -0.476 e. The van der Waals surface area contributed by atoms with Crippen molar-refractivity contribution in [1.29, 1.82) is 0 Å². The summed E-state index contributed by atoms with van der Waals surface area (Å²) in [5.41, 5.74) is -0.192. The molecule has 0 bridgehead atoms. The van der Waals surface area contributed by atoms with E-state index in [2.05, 4.69) is 4.98 Å². The summed E-state index contributed by atoms with van der Waals surface area (Å²) < 4.78 is 36.6. The van der Waals surface area contributed by atoms with Crippen LogP contribution in [0.4, 0.5) is 18.3 Å². The van der Waals surface area contributed by atoms with Crippen molar-refractivity contribution in [1.82, 2.24) is 4.98 Å². The number of thiazole rings is 1. The molecule has 0 atom stereocenters. The van der Waals surface area contributed by atoms with Crippen molar-refractivity contribution in [2.24, 2.45) is 0 Å². The summed E-state index contributed by atoms with van der Waals surface area (Å²) in [7, 11) is 0. The van der Waals surface area contributed by atoms with Gasteiger partial charge in [0.15, 0.2) is 10.8 Å². The van der Waals surface area contributed by atoms with Gasteiger partial charge in [0, 0.05) is 10.6 Å². The number of halogens is 4. The Hall–Kier alpha value is -2.13. The van der Waals surface area contributed by atoms with Gasteiger partial charge in [-0.1, -0.05) is 41.1 Å². The lowest BCUT2D eigenvalue weighted by Crippen LogP contribution is -2.29. The van der Waals surface area contributed by atoms with Gasteiger partial charge in [0.2, 0.25) is 0 Å². The van der Waals surface area contributed by atoms with Crippen LogP contribution in [0.3, 0.4) is 0 Å². The highest BCUT2D eigenvalue weighted by molar-refractivity contribution is 7.19. The highest BCUT2D eigenvalue weighted by atomic mass is 35.5. The van der Waals surface area contributed by atoms with Crippen LogP contribution in [0, 0.1) is 0 Å². The molecule has 0 aliphatic carbocycles. The first kappa shape index (κ1) is 16.2. The lowest BCUT2D eigenvalue weighted by molar-refractivity contribution is -0.167. The Bertz CT molecular complexity index is 745. The standard InChI is InChI=1S/C12H6ClF3N2O3S/c13-6-4-2-1-3-5(6)8-7(9(19)20)17-11(22-8)18-10(21)12(14,15)16/h1-4H,(H,19,20)(H,17,18,21). The van der Waals surface area contributed by atoms with E-state index in [0.717, 1.165) is 0 Å². The molecular weight excluding hydrogens is 345 g/mol. The quantitative estimate of drug-likeness (QED) is 0.885. The Morgan fingerprint density at radius 2 is 1.91 bits per heavy atom. The van der Waals surface area contributed by atoms with Gasteiger partial charge in [-0.2, -0.15) is 13.2 Å². The Morgan fingerprint density at radius 3 is 2.45 bits per heavy atom. The van der Waals surface area contributed by atoms with Crippen LogP contribution < -0.4 is 5.32 Å².